The molecule has 2 heterocycles. The van der Waals surface area contributed by atoms with E-state index in [0.29, 0.717) is 47.3 Å². The van der Waals surface area contributed by atoms with Gasteiger partial charge in [0.05, 0.1) is 41.6 Å². The number of para-hydroxylation sites is 1. The van der Waals surface area contributed by atoms with Gasteiger partial charge in [0.2, 0.25) is 11.8 Å². The fourth-order valence-electron chi connectivity index (χ4n) is 2.18. The molecule has 0 bridgehead atoms. The quantitative estimate of drug-likeness (QED) is 0.875. The van der Waals surface area contributed by atoms with Gasteiger partial charge in [-0.25, -0.2) is 15.0 Å². The average molecular weight is 367 g/mol. The Hall–Kier alpha value is -2.02. The van der Waals surface area contributed by atoms with E-state index in [-0.39, 0.29) is 0 Å². The van der Waals surface area contributed by atoms with Crippen molar-refractivity contribution in [2.24, 2.45) is 4.99 Å². The first-order valence-electron chi connectivity index (χ1n) is 7.33. The van der Waals surface area contributed by atoms with Gasteiger partial charge in [0.25, 0.3) is 0 Å². The Morgan fingerprint density at radius 1 is 1.17 bits per heavy atom. The molecular formula is C16H16Cl2N4O2. The number of aliphatic imine (C=N–C) groups is 1. The fraction of sp³-hybridized carbons (Fsp3) is 0.250. The van der Waals surface area contributed by atoms with Crippen LogP contribution in [0, 0.1) is 0 Å². The van der Waals surface area contributed by atoms with E-state index in [1.165, 1.54) is 0 Å². The predicted molar refractivity (Wildman–Crippen MR) is 94.7 cm³/mol. The van der Waals surface area contributed by atoms with Crippen LogP contribution in [0.3, 0.4) is 0 Å². The summed E-state index contributed by atoms with van der Waals surface area (Å²) in [6.45, 7) is 1.55. The maximum atomic E-state index is 6.18. The number of rotatable bonds is 5. The van der Waals surface area contributed by atoms with Gasteiger partial charge in [-0.1, -0.05) is 35.3 Å². The number of aromatic nitrogens is 1. The second-order valence-electron chi connectivity index (χ2n) is 4.97. The van der Waals surface area contributed by atoms with Crippen LogP contribution >= 0.6 is 23.2 Å². The molecule has 24 heavy (non-hydrogen) atoms. The minimum absolute atomic E-state index is 0.300. The van der Waals surface area contributed by atoms with Gasteiger partial charge in [0, 0.05) is 6.07 Å². The van der Waals surface area contributed by atoms with E-state index in [4.69, 9.17) is 32.8 Å². The summed E-state index contributed by atoms with van der Waals surface area (Å²) in [4.78, 5) is 14.5. The normalized spacial score (nSPS) is 13.8. The zero-order chi connectivity index (χ0) is 16.9. The third kappa shape index (κ3) is 3.90. The van der Waals surface area contributed by atoms with Crippen molar-refractivity contribution in [3.63, 3.8) is 0 Å². The Bertz CT molecular complexity index is 734. The number of halogens is 2. The molecule has 0 amide bonds. The lowest BCUT2D eigenvalue weighted by atomic mass is 10.3. The standard InChI is InChI=1S/C16H16Cl2N4O2/c1-23-14-7-2-4-11(20-14)10-24-22-9-8-19-16(22)21-15-12(17)5-3-6-13(15)18/h2-7H,8-10H2,1H3,(H,19,21). The third-order valence-electron chi connectivity index (χ3n) is 3.36. The summed E-state index contributed by atoms with van der Waals surface area (Å²) in [7, 11) is 1.58. The van der Waals surface area contributed by atoms with Gasteiger partial charge in [-0.2, -0.15) is 0 Å². The molecule has 0 radical (unpaired) electrons. The van der Waals surface area contributed by atoms with Crippen LogP contribution in [0.15, 0.2) is 41.4 Å². The van der Waals surface area contributed by atoms with Crippen molar-refractivity contribution in [3.8, 4) is 5.88 Å². The average Bonchev–Trinajstić information content (AvgIpc) is 3.04. The molecule has 1 aromatic carbocycles. The second kappa shape index (κ2) is 7.70. The number of hydrogen-bond acceptors (Lipinski definition) is 6. The van der Waals surface area contributed by atoms with Crippen molar-refractivity contribution in [2.45, 2.75) is 6.61 Å². The Labute approximate surface area is 150 Å². The summed E-state index contributed by atoms with van der Waals surface area (Å²) in [5.41, 5.74) is 1.37. The van der Waals surface area contributed by atoms with Crippen LogP contribution in [0.5, 0.6) is 5.88 Å². The molecule has 0 atom stereocenters. The Morgan fingerprint density at radius 3 is 2.67 bits per heavy atom. The molecule has 0 aliphatic carbocycles. The zero-order valence-corrected chi connectivity index (χ0v) is 14.5. The van der Waals surface area contributed by atoms with E-state index < -0.39 is 0 Å². The molecule has 0 unspecified atom stereocenters. The van der Waals surface area contributed by atoms with Gasteiger partial charge in [-0.3, -0.25) is 4.84 Å². The highest BCUT2D eigenvalue weighted by Gasteiger charge is 2.20. The molecule has 126 valence electrons. The number of hydroxylamine groups is 2. The highest BCUT2D eigenvalue weighted by molar-refractivity contribution is 6.39. The predicted octanol–water partition coefficient (Wildman–Crippen LogP) is 3.61. The van der Waals surface area contributed by atoms with Gasteiger partial charge in [-0.15, -0.1) is 0 Å². The lowest BCUT2D eigenvalue weighted by Crippen LogP contribution is -2.33. The lowest BCUT2D eigenvalue weighted by Gasteiger charge is -2.21. The number of ether oxygens (including phenoxy) is 1. The molecule has 1 N–H and O–H groups in total. The van der Waals surface area contributed by atoms with Crippen LogP contribution < -0.4 is 10.1 Å². The van der Waals surface area contributed by atoms with Crippen molar-refractivity contribution in [3.05, 3.63) is 52.1 Å². The van der Waals surface area contributed by atoms with Gasteiger partial charge in [-0.05, 0) is 18.2 Å². The van der Waals surface area contributed by atoms with Crippen molar-refractivity contribution >= 4 is 34.8 Å². The summed E-state index contributed by atoms with van der Waals surface area (Å²) in [5.74, 6) is 1.11. The molecule has 3 rings (SSSR count). The van der Waals surface area contributed by atoms with Gasteiger partial charge < -0.3 is 10.1 Å². The van der Waals surface area contributed by atoms with Crippen LogP contribution in [-0.2, 0) is 11.4 Å². The first-order chi connectivity index (χ1) is 11.7. The summed E-state index contributed by atoms with van der Waals surface area (Å²) in [6, 6.07) is 10.8. The number of anilines is 1. The fourth-order valence-corrected chi connectivity index (χ4v) is 2.68. The minimum atomic E-state index is 0.300. The Morgan fingerprint density at radius 2 is 1.92 bits per heavy atom. The molecule has 1 aliphatic heterocycles. The number of hydrogen-bond donors (Lipinski definition) is 1. The van der Waals surface area contributed by atoms with Crippen molar-refractivity contribution in [1.29, 1.82) is 0 Å². The minimum Gasteiger partial charge on any atom is -0.481 e. The van der Waals surface area contributed by atoms with E-state index in [0.717, 1.165) is 5.69 Å². The van der Waals surface area contributed by atoms with Crippen molar-refractivity contribution in [2.75, 3.05) is 25.5 Å². The molecule has 1 aliphatic rings. The largest absolute Gasteiger partial charge is 0.481 e. The van der Waals surface area contributed by atoms with Crippen LogP contribution in [0.4, 0.5) is 5.69 Å². The van der Waals surface area contributed by atoms with Crippen LogP contribution in [0.1, 0.15) is 5.69 Å². The summed E-state index contributed by atoms with van der Waals surface area (Å²) < 4.78 is 5.11. The molecule has 0 saturated heterocycles. The van der Waals surface area contributed by atoms with Crippen molar-refractivity contribution in [1.82, 2.24) is 10.0 Å². The molecule has 6 nitrogen and oxygen atoms in total. The van der Waals surface area contributed by atoms with Crippen LogP contribution in [-0.4, -0.2) is 36.2 Å². The number of benzene rings is 1. The smallest absolute Gasteiger partial charge is 0.223 e. The van der Waals surface area contributed by atoms with Crippen LogP contribution in [0.2, 0.25) is 10.0 Å². The van der Waals surface area contributed by atoms with Gasteiger partial charge >= 0.3 is 0 Å². The first kappa shape index (κ1) is 16.8. The molecule has 8 heteroatoms. The van der Waals surface area contributed by atoms with E-state index >= 15 is 0 Å². The molecule has 0 spiro atoms. The number of methoxy groups -OCH3 is 1. The first-order valence-corrected chi connectivity index (χ1v) is 8.09. The monoisotopic (exact) mass is 366 g/mol. The number of nitrogens with zero attached hydrogens (tertiary/aromatic N) is 3. The summed E-state index contributed by atoms with van der Waals surface area (Å²) in [6.07, 6.45) is 0. The Balaban J connectivity index is 1.65. The SMILES string of the molecule is COc1cccc(CON2CCN=C2Nc2c(Cl)cccc2Cl)n1. The number of nitrogens with one attached hydrogen (secondary N) is 1. The summed E-state index contributed by atoms with van der Waals surface area (Å²) >= 11 is 12.4. The molecular weight excluding hydrogens is 351 g/mol. The molecule has 2 aromatic rings. The maximum absolute atomic E-state index is 6.18. The van der Waals surface area contributed by atoms with Gasteiger partial charge in [0.1, 0.15) is 6.61 Å². The number of pyridine rings is 1. The molecule has 1 aromatic heterocycles. The second-order valence-corrected chi connectivity index (χ2v) is 5.79. The number of guanidine groups is 1. The zero-order valence-electron chi connectivity index (χ0n) is 13.0. The van der Waals surface area contributed by atoms with Crippen LogP contribution in [0.25, 0.3) is 0 Å². The summed E-state index contributed by atoms with van der Waals surface area (Å²) in [5, 5.41) is 5.84. The molecule has 0 fully saturated rings. The Kier molecular flexibility index (Phi) is 5.40. The van der Waals surface area contributed by atoms with Crippen molar-refractivity contribution < 1.29 is 9.57 Å². The van der Waals surface area contributed by atoms with E-state index in [9.17, 15) is 0 Å². The highest BCUT2D eigenvalue weighted by atomic mass is 35.5. The van der Waals surface area contributed by atoms with E-state index in [1.807, 2.05) is 12.1 Å². The molecule has 0 saturated carbocycles. The third-order valence-corrected chi connectivity index (χ3v) is 3.99. The topological polar surface area (TPSA) is 59.0 Å². The lowest BCUT2D eigenvalue weighted by molar-refractivity contribution is -0.104. The van der Waals surface area contributed by atoms with E-state index in [2.05, 4.69) is 15.3 Å². The highest BCUT2D eigenvalue weighted by Crippen LogP contribution is 2.30. The maximum Gasteiger partial charge on any atom is 0.223 e. The van der Waals surface area contributed by atoms with Gasteiger partial charge in [0.15, 0.2) is 0 Å². The van der Waals surface area contributed by atoms with E-state index in [1.54, 1.807) is 36.4 Å².